The SMILES string of the molecule is COCCCNC(=O)c1ccc(Cl)c(S(=O)(=O)NCc2cccnc2)c1. The van der Waals surface area contributed by atoms with Crippen molar-refractivity contribution in [3.05, 3.63) is 58.9 Å². The third-order valence-electron chi connectivity index (χ3n) is 3.48. The first kappa shape index (κ1) is 20.3. The zero-order valence-corrected chi connectivity index (χ0v) is 15.8. The van der Waals surface area contributed by atoms with Crippen LogP contribution in [0.2, 0.25) is 5.02 Å². The predicted molar refractivity (Wildman–Crippen MR) is 98.5 cm³/mol. The lowest BCUT2D eigenvalue weighted by molar-refractivity contribution is 0.0948. The Labute approximate surface area is 157 Å². The molecule has 7 nitrogen and oxygen atoms in total. The number of sulfonamides is 1. The summed E-state index contributed by atoms with van der Waals surface area (Å²) in [6.45, 7) is 1.02. The molecule has 0 saturated heterocycles. The Balaban J connectivity index is 2.11. The summed E-state index contributed by atoms with van der Waals surface area (Å²) in [6, 6.07) is 7.60. The van der Waals surface area contributed by atoms with Gasteiger partial charge in [-0.3, -0.25) is 9.78 Å². The molecule has 0 aliphatic carbocycles. The molecule has 9 heteroatoms. The van der Waals surface area contributed by atoms with Gasteiger partial charge in [-0.1, -0.05) is 17.7 Å². The Morgan fingerprint density at radius 1 is 1.31 bits per heavy atom. The van der Waals surface area contributed by atoms with E-state index in [-0.39, 0.29) is 27.9 Å². The maximum absolute atomic E-state index is 12.5. The quantitative estimate of drug-likeness (QED) is 0.630. The summed E-state index contributed by atoms with van der Waals surface area (Å²) in [5.74, 6) is -0.374. The Morgan fingerprint density at radius 3 is 2.81 bits per heavy atom. The van der Waals surface area contributed by atoms with E-state index < -0.39 is 10.0 Å². The van der Waals surface area contributed by atoms with Crippen molar-refractivity contribution >= 4 is 27.5 Å². The molecule has 2 aromatic rings. The average molecular weight is 398 g/mol. The van der Waals surface area contributed by atoms with E-state index in [9.17, 15) is 13.2 Å². The van der Waals surface area contributed by atoms with Gasteiger partial charge in [0.05, 0.1) is 5.02 Å². The smallest absolute Gasteiger partial charge is 0.251 e. The number of amides is 1. The van der Waals surface area contributed by atoms with Crippen LogP contribution in [-0.2, 0) is 21.3 Å². The largest absolute Gasteiger partial charge is 0.385 e. The van der Waals surface area contributed by atoms with Crippen molar-refractivity contribution < 1.29 is 17.9 Å². The molecule has 2 rings (SSSR count). The van der Waals surface area contributed by atoms with Crippen molar-refractivity contribution in [2.75, 3.05) is 20.3 Å². The number of methoxy groups -OCH3 is 1. The van der Waals surface area contributed by atoms with E-state index >= 15 is 0 Å². The highest BCUT2D eigenvalue weighted by atomic mass is 35.5. The number of benzene rings is 1. The highest BCUT2D eigenvalue weighted by molar-refractivity contribution is 7.89. The summed E-state index contributed by atoms with van der Waals surface area (Å²) in [7, 11) is -2.30. The van der Waals surface area contributed by atoms with Crippen molar-refractivity contribution in [2.24, 2.45) is 0 Å². The van der Waals surface area contributed by atoms with Crippen LogP contribution >= 0.6 is 11.6 Å². The van der Waals surface area contributed by atoms with Crippen molar-refractivity contribution in [3.8, 4) is 0 Å². The van der Waals surface area contributed by atoms with E-state index in [1.807, 2.05) is 0 Å². The zero-order chi connectivity index (χ0) is 19.0. The van der Waals surface area contributed by atoms with E-state index in [0.29, 0.717) is 25.1 Å². The van der Waals surface area contributed by atoms with Crippen molar-refractivity contribution in [1.29, 1.82) is 0 Å². The topological polar surface area (TPSA) is 97.4 Å². The molecule has 0 atom stereocenters. The highest BCUT2D eigenvalue weighted by Crippen LogP contribution is 2.23. The van der Waals surface area contributed by atoms with Crippen LogP contribution in [0.3, 0.4) is 0 Å². The number of nitrogens with one attached hydrogen (secondary N) is 2. The van der Waals surface area contributed by atoms with Crippen LogP contribution in [0.5, 0.6) is 0 Å². The summed E-state index contributed by atoms with van der Waals surface area (Å²) < 4.78 is 32.4. The molecule has 1 amide bonds. The Kier molecular flexibility index (Phi) is 7.52. The summed E-state index contributed by atoms with van der Waals surface area (Å²) >= 11 is 6.03. The van der Waals surface area contributed by atoms with E-state index in [4.69, 9.17) is 16.3 Å². The monoisotopic (exact) mass is 397 g/mol. The number of halogens is 1. The molecule has 2 N–H and O–H groups in total. The van der Waals surface area contributed by atoms with Crippen LogP contribution in [0.4, 0.5) is 0 Å². The molecule has 0 saturated carbocycles. The second-order valence-electron chi connectivity index (χ2n) is 5.43. The number of ether oxygens (including phenoxy) is 1. The maximum atomic E-state index is 12.5. The molecule has 0 bridgehead atoms. The molecule has 0 spiro atoms. The zero-order valence-electron chi connectivity index (χ0n) is 14.2. The first-order valence-electron chi connectivity index (χ1n) is 7.89. The molecular weight excluding hydrogens is 378 g/mol. The number of aromatic nitrogens is 1. The molecular formula is C17H20ClN3O4S. The maximum Gasteiger partial charge on any atom is 0.251 e. The van der Waals surface area contributed by atoms with Gasteiger partial charge in [-0.15, -0.1) is 0 Å². The predicted octanol–water partition coefficient (Wildman–Crippen LogP) is 1.98. The fourth-order valence-electron chi connectivity index (χ4n) is 2.13. The number of rotatable bonds is 9. The number of carbonyl (C=O) groups excluding carboxylic acids is 1. The van der Waals surface area contributed by atoms with Crippen molar-refractivity contribution in [2.45, 2.75) is 17.9 Å². The first-order chi connectivity index (χ1) is 12.4. The minimum Gasteiger partial charge on any atom is -0.385 e. The van der Waals surface area contributed by atoms with Crippen molar-refractivity contribution in [1.82, 2.24) is 15.0 Å². The van der Waals surface area contributed by atoms with E-state index in [1.165, 1.54) is 18.2 Å². The summed E-state index contributed by atoms with van der Waals surface area (Å²) in [6.07, 6.45) is 3.82. The lowest BCUT2D eigenvalue weighted by Crippen LogP contribution is -2.27. The minimum atomic E-state index is -3.88. The molecule has 140 valence electrons. The molecule has 1 aromatic heterocycles. The number of pyridine rings is 1. The fraction of sp³-hybridized carbons (Fsp3) is 0.294. The van der Waals surface area contributed by atoms with Gasteiger partial charge in [0.2, 0.25) is 10.0 Å². The Bertz CT molecular complexity index is 844. The van der Waals surface area contributed by atoms with Gasteiger partial charge >= 0.3 is 0 Å². The molecule has 0 unspecified atom stereocenters. The number of hydrogen-bond acceptors (Lipinski definition) is 5. The van der Waals surface area contributed by atoms with E-state index in [0.717, 1.165) is 0 Å². The van der Waals surface area contributed by atoms with Gasteiger partial charge < -0.3 is 10.1 Å². The van der Waals surface area contributed by atoms with Gasteiger partial charge in [-0.05, 0) is 36.2 Å². The van der Waals surface area contributed by atoms with Crippen LogP contribution in [0.1, 0.15) is 22.3 Å². The Morgan fingerprint density at radius 2 is 2.12 bits per heavy atom. The van der Waals surface area contributed by atoms with E-state index in [2.05, 4.69) is 15.0 Å². The molecule has 0 radical (unpaired) electrons. The first-order valence-corrected chi connectivity index (χ1v) is 9.75. The van der Waals surface area contributed by atoms with Gasteiger partial charge in [-0.2, -0.15) is 0 Å². The van der Waals surface area contributed by atoms with E-state index in [1.54, 1.807) is 31.6 Å². The van der Waals surface area contributed by atoms with Gasteiger partial charge in [0.15, 0.2) is 0 Å². The van der Waals surface area contributed by atoms with Gasteiger partial charge in [0.1, 0.15) is 4.90 Å². The van der Waals surface area contributed by atoms with Crippen LogP contribution < -0.4 is 10.0 Å². The van der Waals surface area contributed by atoms with Gasteiger partial charge in [0.25, 0.3) is 5.91 Å². The molecule has 1 aromatic carbocycles. The standard InChI is InChI=1S/C17H20ClN3O4S/c1-25-9-3-8-20-17(22)14-5-6-15(18)16(10-14)26(23,24)21-12-13-4-2-7-19-11-13/h2,4-7,10-11,21H,3,8-9,12H2,1H3,(H,20,22). The van der Waals surface area contributed by atoms with Crippen LogP contribution in [0.15, 0.2) is 47.6 Å². The van der Waals surface area contributed by atoms with Crippen molar-refractivity contribution in [3.63, 3.8) is 0 Å². The Hall–Kier alpha value is -2.00. The number of nitrogens with zero attached hydrogens (tertiary/aromatic N) is 1. The number of carbonyl (C=O) groups is 1. The van der Waals surface area contributed by atoms with Crippen LogP contribution in [-0.4, -0.2) is 39.6 Å². The van der Waals surface area contributed by atoms with Gasteiger partial charge in [-0.25, -0.2) is 13.1 Å². The number of hydrogen-bond donors (Lipinski definition) is 2. The summed E-state index contributed by atoms with van der Waals surface area (Å²) in [5, 5.41) is 2.75. The van der Waals surface area contributed by atoms with Crippen LogP contribution in [0.25, 0.3) is 0 Å². The highest BCUT2D eigenvalue weighted by Gasteiger charge is 2.20. The summed E-state index contributed by atoms with van der Waals surface area (Å²) in [5.41, 5.74) is 0.924. The van der Waals surface area contributed by atoms with Crippen LogP contribution in [0, 0.1) is 0 Å². The third-order valence-corrected chi connectivity index (χ3v) is 5.37. The third kappa shape index (κ3) is 5.77. The molecule has 1 heterocycles. The second-order valence-corrected chi connectivity index (χ2v) is 7.58. The lowest BCUT2D eigenvalue weighted by atomic mass is 10.2. The molecule has 0 aliphatic rings. The second kappa shape index (κ2) is 9.63. The molecule has 0 aliphatic heterocycles. The fourth-order valence-corrected chi connectivity index (χ4v) is 3.67. The summed E-state index contributed by atoms with van der Waals surface area (Å²) in [4.78, 5) is 15.9. The minimum absolute atomic E-state index is 0.0413. The normalized spacial score (nSPS) is 11.3. The van der Waals surface area contributed by atoms with Gasteiger partial charge in [0, 0.05) is 44.8 Å². The average Bonchev–Trinajstić information content (AvgIpc) is 2.64. The molecule has 26 heavy (non-hydrogen) atoms. The lowest BCUT2D eigenvalue weighted by Gasteiger charge is -2.11. The molecule has 0 fully saturated rings.